The van der Waals surface area contributed by atoms with Gasteiger partial charge in [0.05, 0.1) is 25.5 Å². The molecule has 1 heterocycles. The number of para-hydroxylation sites is 1. The van der Waals surface area contributed by atoms with Crippen LogP contribution in [0.3, 0.4) is 0 Å². The van der Waals surface area contributed by atoms with Crippen molar-refractivity contribution in [2.45, 2.75) is 77.4 Å². The van der Waals surface area contributed by atoms with Crippen LogP contribution in [0.2, 0.25) is 0 Å². The van der Waals surface area contributed by atoms with E-state index in [0.717, 1.165) is 47.6 Å². The summed E-state index contributed by atoms with van der Waals surface area (Å²) in [4.78, 5) is 32.0. The Kier molecular flexibility index (Phi) is 7.55. The van der Waals surface area contributed by atoms with Gasteiger partial charge in [0, 0.05) is 40.7 Å². The van der Waals surface area contributed by atoms with Gasteiger partial charge in [-0.1, -0.05) is 38.5 Å². The van der Waals surface area contributed by atoms with Gasteiger partial charge in [-0.05, 0) is 49.5 Å². The Hall–Kier alpha value is -2.49. The van der Waals surface area contributed by atoms with Gasteiger partial charge in [-0.3, -0.25) is 9.59 Å². The first-order chi connectivity index (χ1) is 18.2. The fraction of sp³-hybridized carbons (Fsp3) is 0.621. The Bertz CT molecular complexity index is 1200. The highest BCUT2D eigenvalue weighted by Gasteiger charge is 2.59. The number of aliphatic hydroxyl groups is 2. The zero-order chi connectivity index (χ0) is 27.1. The van der Waals surface area contributed by atoms with Crippen LogP contribution in [0.4, 0.5) is 5.13 Å². The largest absolute Gasteiger partial charge is 0.496 e. The lowest BCUT2D eigenvalue weighted by atomic mass is 9.47. The van der Waals surface area contributed by atoms with Gasteiger partial charge in [-0.15, -0.1) is 11.3 Å². The number of carbonyl (C=O) groups is 2. The predicted molar refractivity (Wildman–Crippen MR) is 146 cm³/mol. The zero-order valence-corrected chi connectivity index (χ0v) is 23.3. The van der Waals surface area contributed by atoms with E-state index in [0.29, 0.717) is 24.5 Å². The maximum absolute atomic E-state index is 13.4. The second kappa shape index (κ2) is 10.6. The van der Waals surface area contributed by atoms with Gasteiger partial charge >= 0.3 is 0 Å². The molecule has 2 aromatic rings. The summed E-state index contributed by atoms with van der Waals surface area (Å²) < 4.78 is 5.43. The van der Waals surface area contributed by atoms with Crippen molar-refractivity contribution in [1.29, 1.82) is 0 Å². The zero-order valence-electron chi connectivity index (χ0n) is 22.5. The average molecular weight is 542 g/mol. The molecule has 0 aliphatic heterocycles. The van der Waals surface area contributed by atoms with Crippen molar-refractivity contribution in [2.75, 3.05) is 19.0 Å². The third kappa shape index (κ3) is 4.73. The number of hydrogen-bond acceptors (Lipinski definition) is 7. The number of nitrogens with zero attached hydrogens (tertiary/aromatic N) is 1. The van der Waals surface area contributed by atoms with Crippen LogP contribution in [-0.4, -0.2) is 46.8 Å². The number of amides is 2. The topological polar surface area (TPSA) is 121 Å². The van der Waals surface area contributed by atoms with E-state index in [1.165, 1.54) is 11.3 Å². The minimum Gasteiger partial charge on any atom is -0.496 e. The van der Waals surface area contributed by atoms with Crippen molar-refractivity contribution in [1.82, 2.24) is 10.3 Å². The smallest absolute Gasteiger partial charge is 0.229 e. The summed E-state index contributed by atoms with van der Waals surface area (Å²) >= 11 is 1.47. The highest BCUT2D eigenvalue weighted by Crippen LogP contribution is 2.62. The third-order valence-electron chi connectivity index (χ3n) is 9.66. The van der Waals surface area contributed by atoms with Crippen molar-refractivity contribution < 1.29 is 24.5 Å². The monoisotopic (exact) mass is 541 g/mol. The first kappa shape index (κ1) is 27.1. The van der Waals surface area contributed by atoms with Crippen LogP contribution >= 0.6 is 11.3 Å². The summed E-state index contributed by atoms with van der Waals surface area (Å²) in [5, 5.41) is 28.1. The molecular formula is C29H39N3O5S. The number of rotatable bonds is 8. The number of methoxy groups -OCH3 is 1. The van der Waals surface area contributed by atoms with Crippen LogP contribution in [0.5, 0.6) is 5.75 Å². The molecule has 1 aromatic heterocycles. The van der Waals surface area contributed by atoms with Crippen molar-refractivity contribution >= 4 is 28.3 Å². The fourth-order valence-corrected chi connectivity index (χ4v) is 7.95. The molecule has 5 rings (SSSR count). The summed E-state index contributed by atoms with van der Waals surface area (Å²) in [7, 11) is 1.62. The van der Waals surface area contributed by atoms with Crippen molar-refractivity contribution in [3.05, 3.63) is 40.4 Å². The normalized spacial score (nSPS) is 30.5. The number of carbonyl (C=O) groups excluding carboxylic acids is 2. The van der Waals surface area contributed by atoms with Gasteiger partial charge in [-0.25, -0.2) is 4.98 Å². The van der Waals surface area contributed by atoms with E-state index >= 15 is 0 Å². The molecular weight excluding hydrogens is 502 g/mol. The number of hydrogen-bond donors (Lipinski definition) is 4. The Labute approximate surface area is 228 Å². The SMILES string of the molecule is COc1ccccc1CNC(=O)CC1c2nc(NC(=O)C3CCC3)sc2CC2C(C)(CO)C(O)CCC12C. The number of nitrogens with one attached hydrogen (secondary N) is 2. The van der Waals surface area contributed by atoms with Crippen LogP contribution in [0.15, 0.2) is 24.3 Å². The molecule has 3 aliphatic carbocycles. The molecule has 2 amide bonds. The van der Waals surface area contributed by atoms with Crippen LogP contribution in [-0.2, 0) is 22.6 Å². The Balaban J connectivity index is 1.43. The van der Waals surface area contributed by atoms with Crippen molar-refractivity contribution in [2.24, 2.45) is 22.7 Å². The maximum Gasteiger partial charge on any atom is 0.229 e. The molecule has 2 saturated carbocycles. The van der Waals surface area contributed by atoms with Crippen molar-refractivity contribution in [3.8, 4) is 5.75 Å². The molecule has 0 radical (unpaired) electrons. The molecule has 38 heavy (non-hydrogen) atoms. The Morgan fingerprint density at radius 3 is 2.66 bits per heavy atom. The van der Waals surface area contributed by atoms with Crippen LogP contribution < -0.4 is 15.4 Å². The van der Waals surface area contributed by atoms with E-state index in [4.69, 9.17) is 9.72 Å². The molecule has 0 saturated heterocycles. The number of fused-ring (bicyclic) bond motifs is 2. The summed E-state index contributed by atoms with van der Waals surface area (Å²) in [6, 6.07) is 7.62. The summed E-state index contributed by atoms with van der Waals surface area (Å²) in [5.41, 5.74) is 0.757. The van der Waals surface area contributed by atoms with E-state index in [1.807, 2.05) is 31.2 Å². The van der Waals surface area contributed by atoms with Crippen molar-refractivity contribution in [3.63, 3.8) is 0 Å². The van der Waals surface area contributed by atoms with E-state index < -0.39 is 11.5 Å². The molecule has 8 nitrogen and oxygen atoms in total. The summed E-state index contributed by atoms with van der Waals surface area (Å²) in [6.45, 7) is 4.38. The minimum atomic E-state index is -0.684. The highest BCUT2D eigenvalue weighted by molar-refractivity contribution is 7.15. The molecule has 1 aromatic carbocycles. The van der Waals surface area contributed by atoms with Crippen LogP contribution in [0.1, 0.15) is 74.4 Å². The lowest BCUT2D eigenvalue weighted by Crippen LogP contribution is -2.57. The number of thiazole rings is 1. The molecule has 5 atom stereocenters. The van der Waals surface area contributed by atoms with Crippen LogP contribution in [0.25, 0.3) is 0 Å². The van der Waals surface area contributed by atoms with Gasteiger partial charge < -0.3 is 25.6 Å². The third-order valence-corrected chi connectivity index (χ3v) is 10.7. The minimum absolute atomic E-state index is 0.0210. The quantitative estimate of drug-likeness (QED) is 0.401. The molecule has 0 spiro atoms. The van der Waals surface area contributed by atoms with Gasteiger partial charge in [-0.2, -0.15) is 0 Å². The van der Waals surface area contributed by atoms with E-state index in [9.17, 15) is 19.8 Å². The number of ether oxygens (including phenoxy) is 1. The van der Waals surface area contributed by atoms with E-state index in [-0.39, 0.29) is 48.0 Å². The van der Waals surface area contributed by atoms with Gasteiger partial charge in [0.15, 0.2) is 5.13 Å². The summed E-state index contributed by atoms with van der Waals surface area (Å²) in [5.74, 6) is 0.495. The lowest BCUT2D eigenvalue weighted by molar-refractivity contribution is -0.144. The van der Waals surface area contributed by atoms with Gasteiger partial charge in [0.1, 0.15) is 5.75 Å². The first-order valence-corrected chi connectivity index (χ1v) is 14.5. The number of aromatic nitrogens is 1. The molecule has 206 valence electrons. The van der Waals surface area contributed by atoms with E-state index in [1.54, 1.807) is 7.11 Å². The number of anilines is 1. The van der Waals surface area contributed by atoms with Crippen LogP contribution in [0, 0.1) is 22.7 Å². The molecule has 2 fully saturated rings. The molecule has 5 unspecified atom stereocenters. The first-order valence-electron chi connectivity index (χ1n) is 13.7. The predicted octanol–water partition coefficient (Wildman–Crippen LogP) is 4.01. The fourth-order valence-electron chi connectivity index (χ4n) is 6.88. The van der Waals surface area contributed by atoms with Gasteiger partial charge in [0.2, 0.25) is 11.8 Å². The molecule has 9 heteroatoms. The Morgan fingerprint density at radius 2 is 1.97 bits per heavy atom. The number of benzene rings is 1. The number of aliphatic hydroxyl groups excluding tert-OH is 2. The Morgan fingerprint density at radius 1 is 1.21 bits per heavy atom. The molecule has 4 N–H and O–H groups in total. The van der Waals surface area contributed by atoms with Gasteiger partial charge in [0.25, 0.3) is 0 Å². The van der Waals surface area contributed by atoms with E-state index in [2.05, 4.69) is 17.6 Å². The second-order valence-electron chi connectivity index (χ2n) is 11.8. The average Bonchev–Trinajstić information content (AvgIpc) is 3.27. The standard InChI is InChI=1S/C29H39N3O5S/c1-28-12-11-23(34)29(2,16-33)22(28)14-21-25(31-27(38-21)32-26(36)17-8-6-9-17)19(28)13-24(35)30-15-18-7-4-5-10-20(18)37-3/h4-5,7,10,17,19,22-23,33-34H,6,8-9,11-16H2,1-3H3,(H,30,35)(H,31,32,36). The lowest BCUT2D eigenvalue weighted by Gasteiger charge is -2.58. The molecule has 0 bridgehead atoms. The second-order valence-corrected chi connectivity index (χ2v) is 12.9. The molecule has 3 aliphatic rings. The summed E-state index contributed by atoms with van der Waals surface area (Å²) in [6.07, 6.45) is 4.51. The highest BCUT2D eigenvalue weighted by atomic mass is 32.1. The maximum atomic E-state index is 13.4.